The van der Waals surface area contributed by atoms with E-state index in [1.807, 2.05) is 0 Å². The standard InChI is InChI=1S/C22H42N8O7/c1-12(2)17(30-18(33)13(24)8-9-16(31)32)20(35)28-14(7-5-11-27-22(25)26)19(34)29-15(21(36)37)6-3-4-10-23/h12-15,17H,3-11,23-24H2,1-2H3,(H,28,35)(H,29,34)(H,30,33)(H,31,32)(H,36,37)(H4,25,26,27). The molecule has 0 heterocycles. The zero-order valence-electron chi connectivity index (χ0n) is 21.4. The van der Waals surface area contributed by atoms with Crippen LogP contribution in [0.15, 0.2) is 4.99 Å². The molecule has 3 amide bonds. The van der Waals surface area contributed by atoms with Gasteiger partial charge in [-0.15, -0.1) is 0 Å². The number of nitrogens with two attached hydrogens (primary N) is 4. The van der Waals surface area contributed by atoms with Crippen molar-refractivity contribution in [3.63, 3.8) is 0 Å². The lowest BCUT2D eigenvalue weighted by atomic mass is 10.0. The molecule has 15 heteroatoms. The van der Waals surface area contributed by atoms with E-state index in [1.165, 1.54) is 0 Å². The molecule has 0 aliphatic rings. The van der Waals surface area contributed by atoms with Crippen LogP contribution in [0.1, 0.15) is 58.8 Å². The van der Waals surface area contributed by atoms with Crippen molar-refractivity contribution in [3.8, 4) is 0 Å². The van der Waals surface area contributed by atoms with Crippen molar-refractivity contribution < 1.29 is 34.2 Å². The number of carboxylic acids is 2. The van der Waals surface area contributed by atoms with Gasteiger partial charge in [0.15, 0.2) is 5.96 Å². The van der Waals surface area contributed by atoms with Crippen molar-refractivity contribution >= 4 is 35.6 Å². The van der Waals surface area contributed by atoms with Crippen LogP contribution in [-0.4, -0.2) is 83.1 Å². The van der Waals surface area contributed by atoms with Crippen LogP contribution in [0.25, 0.3) is 0 Å². The van der Waals surface area contributed by atoms with Crippen LogP contribution < -0.4 is 38.9 Å². The number of carbonyl (C=O) groups excluding carboxylic acids is 3. The number of aliphatic imine (C=N–C) groups is 1. The molecule has 0 aromatic carbocycles. The van der Waals surface area contributed by atoms with Crippen LogP contribution in [0.5, 0.6) is 0 Å². The van der Waals surface area contributed by atoms with Crippen molar-refractivity contribution in [2.45, 2.75) is 83.0 Å². The van der Waals surface area contributed by atoms with Gasteiger partial charge in [-0.25, -0.2) is 4.79 Å². The van der Waals surface area contributed by atoms with Gasteiger partial charge < -0.3 is 49.1 Å². The Bertz CT molecular complexity index is 802. The summed E-state index contributed by atoms with van der Waals surface area (Å²) in [6.45, 7) is 3.88. The molecule has 0 fully saturated rings. The quantitative estimate of drug-likeness (QED) is 0.0480. The predicted octanol–water partition coefficient (Wildman–Crippen LogP) is -2.44. The topological polar surface area (TPSA) is 278 Å². The van der Waals surface area contributed by atoms with Gasteiger partial charge in [0.1, 0.15) is 18.1 Å². The monoisotopic (exact) mass is 530 g/mol. The second-order valence-corrected chi connectivity index (χ2v) is 8.96. The highest BCUT2D eigenvalue weighted by Gasteiger charge is 2.31. The van der Waals surface area contributed by atoms with E-state index in [9.17, 15) is 29.1 Å². The van der Waals surface area contributed by atoms with E-state index in [-0.39, 0.29) is 38.2 Å². The van der Waals surface area contributed by atoms with Gasteiger partial charge in [0.25, 0.3) is 0 Å². The molecule has 0 bridgehead atoms. The zero-order chi connectivity index (χ0) is 28.5. The van der Waals surface area contributed by atoms with Crippen LogP contribution >= 0.6 is 0 Å². The molecule has 37 heavy (non-hydrogen) atoms. The Balaban J connectivity index is 5.52. The molecule has 13 N–H and O–H groups in total. The van der Waals surface area contributed by atoms with Gasteiger partial charge in [0, 0.05) is 13.0 Å². The zero-order valence-corrected chi connectivity index (χ0v) is 21.4. The number of hydrogen-bond acceptors (Lipinski definition) is 8. The second-order valence-electron chi connectivity index (χ2n) is 8.96. The van der Waals surface area contributed by atoms with Crippen LogP contribution in [0.2, 0.25) is 0 Å². The number of unbranched alkanes of at least 4 members (excludes halogenated alkanes) is 1. The van der Waals surface area contributed by atoms with E-state index >= 15 is 0 Å². The highest BCUT2D eigenvalue weighted by molar-refractivity contribution is 5.94. The normalized spacial score (nSPS) is 14.1. The lowest BCUT2D eigenvalue weighted by Gasteiger charge is -2.27. The first-order valence-electron chi connectivity index (χ1n) is 12.2. The first kappa shape index (κ1) is 33.5. The fourth-order valence-corrected chi connectivity index (χ4v) is 3.26. The van der Waals surface area contributed by atoms with E-state index in [2.05, 4.69) is 20.9 Å². The van der Waals surface area contributed by atoms with Crippen molar-refractivity contribution in [2.75, 3.05) is 13.1 Å². The van der Waals surface area contributed by atoms with Gasteiger partial charge in [-0.3, -0.25) is 24.2 Å². The third-order valence-corrected chi connectivity index (χ3v) is 5.39. The fraction of sp³-hybridized carbons (Fsp3) is 0.727. The summed E-state index contributed by atoms with van der Waals surface area (Å²) < 4.78 is 0. The van der Waals surface area contributed by atoms with Gasteiger partial charge in [-0.05, 0) is 51.0 Å². The van der Waals surface area contributed by atoms with Crippen molar-refractivity contribution in [3.05, 3.63) is 0 Å². The summed E-state index contributed by atoms with van der Waals surface area (Å²) in [5, 5.41) is 25.8. The SMILES string of the molecule is CC(C)C(NC(=O)C(N)CCC(=O)O)C(=O)NC(CCCN=C(N)N)C(=O)NC(CCCCN)C(=O)O. The molecule has 4 unspecified atom stereocenters. The summed E-state index contributed by atoms with van der Waals surface area (Å²) in [4.78, 5) is 64.6. The Hall–Kier alpha value is -3.46. The molecule has 0 aliphatic carbocycles. The Morgan fingerprint density at radius 1 is 0.811 bits per heavy atom. The Labute approximate surface area is 216 Å². The minimum atomic E-state index is -1.22. The minimum Gasteiger partial charge on any atom is -0.481 e. The number of carbonyl (C=O) groups is 5. The number of rotatable bonds is 19. The third-order valence-electron chi connectivity index (χ3n) is 5.39. The molecule has 0 aliphatic heterocycles. The maximum absolute atomic E-state index is 13.1. The molecule has 0 saturated carbocycles. The van der Waals surface area contributed by atoms with Crippen LogP contribution in [-0.2, 0) is 24.0 Å². The van der Waals surface area contributed by atoms with Crippen molar-refractivity contribution in [1.82, 2.24) is 16.0 Å². The summed E-state index contributed by atoms with van der Waals surface area (Å²) in [7, 11) is 0. The molecular weight excluding hydrogens is 488 g/mol. The smallest absolute Gasteiger partial charge is 0.326 e. The van der Waals surface area contributed by atoms with Gasteiger partial charge in [0.2, 0.25) is 17.7 Å². The molecule has 0 radical (unpaired) electrons. The Morgan fingerprint density at radius 2 is 1.41 bits per heavy atom. The summed E-state index contributed by atoms with van der Waals surface area (Å²) >= 11 is 0. The minimum absolute atomic E-state index is 0.0837. The molecule has 0 rings (SSSR count). The van der Waals surface area contributed by atoms with Gasteiger partial charge in [-0.1, -0.05) is 13.8 Å². The second kappa shape index (κ2) is 17.9. The number of aliphatic carboxylic acids is 2. The molecule has 4 atom stereocenters. The average Bonchev–Trinajstić information content (AvgIpc) is 2.81. The number of nitrogens with one attached hydrogen (secondary N) is 3. The summed E-state index contributed by atoms with van der Waals surface area (Å²) in [5.41, 5.74) is 21.8. The number of guanidine groups is 1. The number of carboxylic acid groups (broad SMARTS) is 2. The van der Waals surface area contributed by atoms with Gasteiger partial charge in [0.05, 0.1) is 6.04 Å². The first-order chi connectivity index (χ1) is 17.3. The van der Waals surface area contributed by atoms with Gasteiger partial charge >= 0.3 is 11.9 Å². The largest absolute Gasteiger partial charge is 0.481 e. The van der Waals surface area contributed by atoms with Crippen molar-refractivity contribution in [2.24, 2.45) is 33.8 Å². The van der Waals surface area contributed by atoms with E-state index in [0.29, 0.717) is 25.8 Å². The Morgan fingerprint density at radius 3 is 1.92 bits per heavy atom. The molecule has 0 aromatic rings. The Kier molecular flexibility index (Phi) is 16.2. The summed E-state index contributed by atoms with van der Waals surface area (Å²) in [6, 6.07) is -4.55. The molecule has 0 aromatic heterocycles. The van der Waals surface area contributed by atoms with E-state index in [1.54, 1.807) is 13.8 Å². The maximum atomic E-state index is 13.1. The lowest BCUT2D eigenvalue weighted by molar-refractivity contribution is -0.142. The number of hydrogen-bond donors (Lipinski definition) is 9. The molecule has 0 spiro atoms. The molecule has 15 nitrogen and oxygen atoms in total. The molecular formula is C22H42N8O7. The molecule has 212 valence electrons. The third kappa shape index (κ3) is 14.6. The maximum Gasteiger partial charge on any atom is 0.326 e. The van der Waals surface area contributed by atoms with E-state index in [0.717, 1.165) is 0 Å². The fourth-order valence-electron chi connectivity index (χ4n) is 3.26. The number of amides is 3. The van der Waals surface area contributed by atoms with Crippen molar-refractivity contribution in [1.29, 1.82) is 0 Å². The van der Waals surface area contributed by atoms with Gasteiger partial charge in [-0.2, -0.15) is 0 Å². The van der Waals surface area contributed by atoms with Crippen LogP contribution in [0.3, 0.4) is 0 Å². The lowest BCUT2D eigenvalue weighted by Crippen LogP contribution is -2.58. The van der Waals surface area contributed by atoms with E-state index in [4.69, 9.17) is 28.0 Å². The van der Waals surface area contributed by atoms with Crippen LogP contribution in [0, 0.1) is 5.92 Å². The first-order valence-corrected chi connectivity index (χ1v) is 12.2. The average molecular weight is 531 g/mol. The van der Waals surface area contributed by atoms with E-state index < -0.39 is 59.7 Å². The highest BCUT2D eigenvalue weighted by Crippen LogP contribution is 2.08. The summed E-state index contributed by atoms with van der Waals surface area (Å²) in [6.07, 6.45) is 1.17. The summed E-state index contributed by atoms with van der Waals surface area (Å²) in [5.74, 6) is -5.01. The van der Waals surface area contributed by atoms with Crippen LogP contribution in [0.4, 0.5) is 0 Å². The molecule has 0 saturated heterocycles. The highest BCUT2D eigenvalue weighted by atomic mass is 16.4. The predicted molar refractivity (Wildman–Crippen MR) is 136 cm³/mol. The number of nitrogens with zero attached hydrogens (tertiary/aromatic N) is 1.